The van der Waals surface area contributed by atoms with Crippen molar-refractivity contribution in [3.05, 3.63) is 71.3 Å². The van der Waals surface area contributed by atoms with Crippen molar-refractivity contribution in [2.24, 2.45) is 0 Å². The first-order valence-corrected chi connectivity index (χ1v) is 5.81. The van der Waals surface area contributed by atoms with Crippen LogP contribution in [0.2, 0.25) is 0 Å². The van der Waals surface area contributed by atoms with Gasteiger partial charge in [-0.3, -0.25) is 0 Å². The average molecular weight is 248 g/mol. The fourth-order valence-electron chi connectivity index (χ4n) is 2.45. The minimum Gasteiger partial charge on any atom is -0.306 e. The maximum Gasteiger partial charge on any atom is 0.0579 e. The Balaban J connectivity index is 0.00000108. The van der Waals surface area contributed by atoms with Gasteiger partial charge in [0.2, 0.25) is 0 Å². The van der Waals surface area contributed by atoms with Crippen LogP contribution in [0.5, 0.6) is 0 Å². The standard InChI is InChI=1S/C15H15N.K/c1-2-7-13(8-3-1)15-14-9-5-4-6-12(14)10-11-16-15;/h1-9,15-16H,10-11H2;. The van der Waals surface area contributed by atoms with Crippen molar-refractivity contribution in [2.75, 3.05) is 6.54 Å². The normalized spacial score (nSPS) is 18.0. The van der Waals surface area contributed by atoms with Crippen molar-refractivity contribution in [1.82, 2.24) is 5.32 Å². The van der Waals surface area contributed by atoms with Crippen LogP contribution >= 0.6 is 0 Å². The first-order chi connectivity index (χ1) is 7.95. The Morgan fingerprint density at radius 1 is 0.882 bits per heavy atom. The molecule has 81 valence electrons. The Bertz CT molecular complexity index is 481. The SMILES string of the molecule is [K].c1ccc(C2NCCc3ccccc32)cc1. The second kappa shape index (κ2) is 6.28. The van der Waals surface area contributed by atoms with E-state index < -0.39 is 0 Å². The van der Waals surface area contributed by atoms with E-state index in [0.717, 1.165) is 13.0 Å². The van der Waals surface area contributed by atoms with E-state index in [4.69, 9.17) is 0 Å². The fraction of sp³-hybridized carbons (Fsp3) is 0.200. The molecule has 17 heavy (non-hydrogen) atoms. The number of hydrogen-bond donors (Lipinski definition) is 1. The molecule has 0 saturated carbocycles. The molecule has 1 atom stereocenters. The van der Waals surface area contributed by atoms with E-state index >= 15 is 0 Å². The van der Waals surface area contributed by atoms with Crippen LogP contribution in [0.3, 0.4) is 0 Å². The summed E-state index contributed by atoms with van der Waals surface area (Å²) in [5.41, 5.74) is 4.27. The first kappa shape index (κ1) is 13.5. The van der Waals surface area contributed by atoms with E-state index in [2.05, 4.69) is 59.9 Å². The third kappa shape index (κ3) is 2.89. The van der Waals surface area contributed by atoms with Gasteiger partial charge in [0.15, 0.2) is 0 Å². The molecule has 0 spiro atoms. The smallest absolute Gasteiger partial charge is 0.0579 e. The average Bonchev–Trinajstić information content (AvgIpc) is 2.39. The zero-order chi connectivity index (χ0) is 10.8. The van der Waals surface area contributed by atoms with Gasteiger partial charge in [0.05, 0.1) is 6.04 Å². The Labute approximate surface area is 145 Å². The summed E-state index contributed by atoms with van der Waals surface area (Å²) >= 11 is 0. The maximum atomic E-state index is 3.59. The van der Waals surface area contributed by atoms with Gasteiger partial charge >= 0.3 is 0 Å². The molecule has 0 saturated heterocycles. The van der Waals surface area contributed by atoms with Crippen LogP contribution in [0.15, 0.2) is 54.6 Å². The van der Waals surface area contributed by atoms with Crippen molar-refractivity contribution < 1.29 is 0 Å². The molecule has 0 fully saturated rings. The van der Waals surface area contributed by atoms with Crippen molar-refractivity contribution in [2.45, 2.75) is 12.5 Å². The molecule has 1 heterocycles. The topological polar surface area (TPSA) is 12.0 Å². The number of hydrogen-bond acceptors (Lipinski definition) is 1. The van der Waals surface area contributed by atoms with Gasteiger partial charge in [-0.1, -0.05) is 54.6 Å². The monoisotopic (exact) mass is 248 g/mol. The second-order valence-electron chi connectivity index (χ2n) is 4.25. The third-order valence-electron chi connectivity index (χ3n) is 3.24. The van der Waals surface area contributed by atoms with Crippen LogP contribution in [-0.2, 0) is 6.42 Å². The Morgan fingerprint density at radius 3 is 2.41 bits per heavy atom. The first-order valence-electron chi connectivity index (χ1n) is 5.81. The molecule has 2 heteroatoms. The number of rotatable bonds is 1. The molecule has 1 unspecified atom stereocenters. The molecule has 1 radical (unpaired) electrons. The van der Waals surface area contributed by atoms with Gasteiger partial charge in [-0.2, -0.15) is 0 Å². The van der Waals surface area contributed by atoms with E-state index in [9.17, 15) is 0 Å². The van der Waals surface area contributed by atoms with Gasteiger partial charge in [0, 0.05) is 57.9 Å². The molecule has 3 rings (SSSR count). The van der Waals surface area contributed by atoms with E-state index in [1.165, 1.54) is 16.7 Å². The van der Waals surface area contributed by atoms with Crippen molar-refractivity contribution in [3.8, 4) is 0 Å². The summed E-state index contributed by atoms with van der Waals surface area (Å²) in [6.45, 7) is 1.07. The zero-order valence-corrected chi connectivity index (χ0v) is 13.3. The molecule has 1 nitrogen and oxygen atoms in total. The van der Waals surface area contributed by atoms with Gasteiger partial charge in [-0.25, -0.2) is 0 Å². The summed E-state index contributed by atoms with van der Waals surface area (Å²) in [7, 11) is 0. The summed E-state index contributed by atoms with van der Waals surface area (Å²) in [4.78, 5) is 0. The van der Waals surface area contributed by atoms with Crippen LogP contribution in [0.1, 0.15) is 22.7 Å². The Kier molecular flexibility index (Phi) is 4.97. The van der Waals surface area contributed by atoms with Crippen molar-refractivity contribution >= 4 is 51.4 Å². The Morgan fingerprint density at radius 2 is 1.59 bits per heavy atom. The van der Waals surface area contributed by atoms with E-state index in [1.54, 1.807) is 0 Å². The predicted octanol–water partition coefficient (Wildman–Crippen LogP) is 2.54. The molecule has 1 N–H and O–H groups in total. The van der Waals surface area contributed by atoms with Crippen LogP contribution in [0.4, 0.5) is 0 Å². The van der Waals surface area contributed by atoms with Gasteiger partial charge in [-0.15, -0.1) is 0 Å². The number of nitrogens with one attached hydrogen (secondary N) is 1. The maximum absolute atomic E-state index is 3.59. The summed E-state index contributed by atoms with van der Waals surface area (Å²) in [6.07, 6.45) is 1.14. The molecule has 2 aromatic carbocycles. The molecule has 1 aliphatic heterocycles. The second-order valence-corrected chi connectivity index (χ2v) is 4.25. The molecular weight excluding hydrogens is 233 g/mol. The summed E-state index contributed by atoms with van der Waals surface area (Å²) in [5.74, 6) is 0. The Hall–Kier alpha value is 0.0364. The van der Waals surface area contributed by atoms with Crippen LogP contribution in [-0.4, -0.2) is 57.9 Å². The third-order valence-corrected chi connectivity index (χ3v) is 3.24. The van der Waals surface area contributed by atoms with Gasteiger partial charge in [-0.05, 0) is 23.1 Å². The van der Waals surface area contributed by atoms with E-state index in [0.29, 0.717) is 6.04 Å². The zero-order valence-electron chi connectivity index (χ0n) is 10.2. The quantitative estimate of drug-likeness (QED) is 0.765. The molecule has 1 aliphatic rings. The number of fused-ring (bicyclic) bond motifs is 1. The fourth-order valence-corrected chi connectivity index (χ4v) is 2.45. The van der Waals surface area contributed by atoms with E-state index in [1.807, 2.05) is 0 Å². The largest absolute Gasteiger partial charge is 0.306 e. The summed E-state index contributed by atoms with van der Waals surface area (Å²) < 4.78 is 0. The van der Waals surface area contributed by atoms with Crippen molar-refractivity contribution in [3.63, 3.8) is 0 Å². The molecule has 0 bridgehead atoms. The molecular formula is C15H15KN. The molecule has 0 amide bonds. The van der Waals surface area contributed by atoms with Gasteiger partial charge < -0.3 is 5.32 Å². The van der Waals surface area contributed by atoms with Gasteiger partial charge in [0.25, 0.3) is 0 Å². The molecule has 2 aromatic rings. The number of benzene rings is 2. The van der Waals surface area contributed by atoms with Crippen LogP contribution in [0.25, 0.3) is 0 Å². The van der Waals surface area contributed by atoms with E-state index in [-0.39, 0.29) is 51.4 Å². The molecule has 0 aliphatic carbocycles. The summed E-state index contributed by atoms with van der Waals surface area (Å²) in [6, 6.07) is 19.8. The predicted molar refractivity (Wildman–Crippen MR) is 72.2 cm³/mol. The molecule has 0 aromatic heterocycles. The van der Waals surface area contributed by atoms with Crippen molar-refractivity contribution in [1.29, 1.82) is 0 Å². The van der Waals surface area contributed by atoms with Crippen LogP contribution in [0, 0.1) is 0 Å². The minimum absolute atomic E-state index is 0. The van der Waals surface area contributed by atoms with Gasteiger partial charge in [0.1, 0.15) is 0 Å². The minimum atomic E-state index is 0. The summed E-state index contributed by atoms with van der Waals surface area (Å²) in [5, 5.41) is 3.59. The van der Waals surface area contributed by atoms with Crippen LogP contribution < -0.4 is 5.32 Å².